The summed E-state index contributed by atoms with van der Waals surface area (Å²) in [6.45, 7) is 0. The third-order valence-corrected chi connectivity index (χ3v) is 5.78. The normalized spacial score (nSPS) is 11.3. The van der Waals surface area contributed by atoms with Crippen molar-refractivity contribution in [2.45, 2.75) is 0 Å². The van der Waals surface area contributed by atoms with Gasteiger partial charge in [0.15, 0.2) is 11.5 Å². The van der Waals surface area contributed by atoms with Crippen LogP contribution in [-0.4, -0.2) is 26.3 Å². The topological polar surface area (TPSA) is 43.5 Å². The highest BCUT2D eigenvalue weighted by Gasteiger charge is 2.22. The van der Waals surface area contributed by atoms with Crippen molar-refractivity contribution in [3.05, 3.63) is 65.7 Å². The standard InChI is InChI=1S/C25H20ClNO3/c1-28-21-11-9-17(24(29-2)25(21)30-3)22-16-7-5-4-6-14(16)12-20-23(22)18-13-15(26)8-10-19(18)27-20/h4-13,27H,1-3H3. The lowest BCUT2D eigenvalue weighted by atomic mass is 9.92. The maximum Gasteiger partial charge on any atom is 0.203 e. The Morgan fingerprint density at radius 1 is 0.733 bits per heavy atom. The van der Waals surface area contributed by atoms with Gasteiger partial charge in [0.1, 0.15) is 0 Å². The molecule has 0 saturated carbocycles. The van der Waals surface area contributed by atoms with Gasteiger partial charge in [-0.25, -0.2) is 0 Å². The SMILES string of the molecule is COc1ccc(-c2c3ccccc3cc3[nH]c4ccc(Cl)cc4c23)c(OC)c1OC. The van der Waals surface area contributed by atoms with Crippen LogP contribution in [0.4, 0.5) is 0 Å². The first-order chi connectivity index (χ1) is 14.7. The summed E-state index contributed by atoms with van der Waals surface area (Å²) in [5, 5.41) is 5.11. The zero-order valence-corrected chi connectivity index (χ0v) is 17.6. The first-order valence-electron chi connectivity index (χ1n) is 9.58. The minimum atomic E-state index is 0.566. The summed E-state index contributed by atoms with van der Waals surface area (Å²) in [4.78, 5) is 3.54. The average molecular weight is 418 g/mol. The Hall–Kier alpha value is -3.37. The van der Waals surface area contributed by atoms with E-state index in [1.54, 1.807) is 21.3 Å². The fraction of sp³-hybridized carbons (Fsp3) is 0.120. The lowest BCUT2D eigenvalue weighted by molar-refractivity contribution is 0.325. The van der Waals surface area contributed by atoms with Gasteiger partial charge in [0.05, 0.1) is 21.3 Å². The predicted molar refractivity (Wildman–Crippen MR) is 123 cm³/mol. The van der Waals surface area contributed by atoms with Crippen LogP contribution >= 0.6 is 11.6 Å². The number of nitrogens with one attached hydrogen (secondary N) is 1. The zero-order chi connectivity index (χ0) is 20.8. The molecule has 0 atom stereocenters. The van der Waals surface area contributed by atoms with Crippen molar-refractivity contribution in [3.8, 4) is 28.4 Å². The first kappa shape index (κ1) is 18.6. The Morgan fingerprint density at radius 3 is 2.30 bits per heavy atom. The minimum absolute atomic E-state index is 0.566. The van der Waals surface area contributed by atoms with Crippen molar-refractivity contribution in [2.75, 3.05) is 21.3 Å². The van der Waals surface area contributed by atoms with E-state index in [-0.39, 0.29) is 0 Å². The van der Waals surface area contributed by atoms with Gasteiger partial charge in [-0.2, -0.15) is 0 Å². The number of aromatic nitrogens is 1. The van der Waals surface area contributed by atoms with Crippen LogP contribution in [0.3, 0.4) is 0 Å². The van der Waals surface area contributed by atoms with Gasteiger partial charge in [0.2, 0.25) is 5.75 Å². The maximum absolute atomic E-state index is 6.36. The smallest absolute Gasteiger partial charge is 0.203 e. The van der Waals surface area contributed by atoms with E-state index in [1.807, 2.05) is 42.5 Å². The van der Waals surface area contributed by atoms with Gasteiger partial charge in [0, 0.05) is 38.0 Å². The van der Waals surface area contributed by atoms with Crippen LogP contribution in [0.2, 0.25) is 5.02 Å². The van der Waals surface area contributed by atoms with Gasteiger partial charge in [-0.05, 0) is 47.2 Å². The number of methoxy groups -OCH3 is 3. The molecule has 0 fully saturated rings. The summed E-state index contributed by atoms with van der Waals surface area (Å²) in [6.07, 6.45) is 0. The van der Waals surface area contributed by atoms with E-state index in [9.17, 15) is 0 Å². The quantitative estimate of drug-likeness (QED) is 0.349. The number of aromatic amines is 1. The molecule has 1 N–H and O–H groups in total. The summed E-state index contributed by atoms with van der Waals surface area (Å²) < 4.78 is 17.0. The molecule has 1 heterocycles. The third kappa shape index (κ3) is 2.68. The van der Waals surface area contributed by atoms with Crippen LogP contribution in [-0.2, 0) is 0 Å². The van der Waals surface area contributed by atoms with Crippen molar-refractivity contribution in [1.82, 2.24) is 4.98 Å². The van der Waals surface area contributed by atoms with Crippen molar-refractivity contribution < 1.29 is 14.2 Å². The zero-order valence-electron chi connectivity index (χ0n) is 16.9. The van der Waals surface area contributed by atoms with Crippen molar-refractivity contribution in [3.63, 3.8) is 0 Å². The molecule has 0 amide bonds. The van der Waals surface area contributed by atoms with Crippen LogP contribution in [0.5, 0.6) is 17.2 Å². The maximum atomic E-state index is 6.36. The van der Waals surface area contributed by atoms with Crippen LogP contribution in [0.1, 0.15) is 0 Å². The van der Waals surface area contributed by atoms with Gasteiger partial charge in [-0.15, -0.1) is 0 Å². The van der Waals surface area contributed by atoms with Crippen molar-refractivity contribution in [1.29, 1.82) is 0 Å². The Kier molecular flexibility index (Phi) is 4.44. The second-order valence-corrected chi connectivity index (χ2v) is 7.53. The lowest BCUT2D eigenvalue weighted by Gasteiger charge is -2.18. The van der Waals surface area contributed by atoms with Crippen LogP contribution in [0, 0.1) is 0 Å². The number of hydrogen-bond donors (Lipinski definition) is 1. The highest BCUT2D eigenvalue weighted by atomic mass is 35.5. The van der Waals surface area contributed by atoms with Crippen molar-refractivity contribution in [2.24, 2.45) is 0 Å². The molecule has 0 radical (unpaired) electrons. The van der Waals surface area contributed by atoms with Gasteiger partial charge >= 0.3 is 0 Å². The molecule has 0 aliphatic carbocycles. The third-order valence-electron chi connectivity index (χ3n) is 5.54. The van der Waals surface area contributed by atoms with E-state index < -0.39 is 0 Å². The monoisotopic (exact) mass is 417 g/mol. The van der Waals surface area contributed by atoms with Crippen molar-refractivity contribution >= 4 is 44.2 Å². The summed E-state index contributed by atoms with van der Waals surface area (Å²) in [5.74, 6) is 1.82. The molecule has 0 bridgehead atoms. The van der Waals surface area contributed by atoms with E-state index >= 15 is 0 Å². The second-order valence-electron chi connectivity index (χ2n) is 7.09. The van der Waals surface area contributed by atoms with E-state index in [1.165, 1.54) is 0 Å². The minimum Gasteiger partial charge on any atom is -0.493 e. The number of H-pyrrole nitrogens is 1. The first-order valence-corrected chi connectivity index (χ1v) is 9.96. The molecule has 30 heavy (non-hydrogen) atoms. The number of halogens is 1. The van der Waals surface area contributed by atoms with Crippen LogP contribution in [0.25, 0.3) is 43.7 Å². The molecule has 150 valence electrons. The highest BCUT2D eigenvalue weighted by Crippen LogP contribution is 2.49. The average Bonchev–Trinajstić information content (AvgIpc) is 3.13. The fourth-order valence-electron chi connectivity index (χ4n) is 4.28. The fourth-order valence-corrected chi connectivity index (χ4v) is 4.45. The molecule has 4 nitrogen and oxygen atoms in total. The molecule has 0 saturated heterocycles. The number of benzene rings is 4. The summed E-state index contributed by atoms with van der Waals surface area (Å²) in [7, 11) is 4.89. The molecule has 0 aliphatic heterocycles. The molecule has 5 heteroatoms. The summed E-state index contributed by atoms with van der Waals surface area (Å²) in [6, 6.07) is 20.4. The van der Waals surface area contributed by atoms with E-state index in [2.05, 4.69) is 23.2 Å². The lowest BCUT2D eigenvalue weighted by Crippen LogP contribution is -1.97. The highest BCUT2D eigenvalue weighted by molar-refractivity contribution is 6.32. The van der Waals surface area contributed by atoms with Gasteiger partial charge < -0.3 is 19.2 Å². The Bertz CT molecular complexity index is 1420. The molecule has 5 aromatic rings. The molecule has 5 rings (SSSR count). The summed E-state index contributed by atoms with van der Waals surface area (Å²) in [5.41, 5.74) is 4.07. The van der Waals surface area contributed by atoms with E-state index in [0.717, 1.165) is 43.7 Å². The Balaban J connectivity index is 2.02. The molecular weight excluding hydrogens is 398 g/mol. The molecule has 1 aromatic heterocycles. The van der Waals surface area contributed by atoms with Gasteiger partial charge in [-0.3, -0.25) is 0 Å². The number of fused-ring (bicyclic) bond motifs is 4. The number of hydrogen-bond acceptors (Lipinski definition) is 3. The van der Waals surface area contributed by atoms with Gasteiger partial charge in [0.25, 0.3) is 0 Å². The predicted octanol–water partition coefficient (Wildman–Crippen LogP) is 6.82. The molecular formula is C25H20ClNO3. The van der Waals surface area contributed by atoms with Gasteiger partial charge in [-0.1, -0.05) is 35.9 Å². The summed E-state index contributed by atoms with van der Waals surface area (Å²) >= 11 is 6.36. The largest absolute Gasteiger partial charge is 0.493 e. The second kappa shape index (κ2) is 7.15. The molecule has 4 aromatic carbocycles. The molecule has 0 spiro atoms. The number of ether oxygens (including phenoxy) is 3. The molecule has 0 unspecified atom stereocenters. The Morgan fingerprint density at radius 2 is 1.53 bits per heavy atom. The van der Waals surface area contributed by atoms with E-state index in [0.29, 0.717) is 22.3 Å². The van der Waals surface area contributed by atoms with Crippen LogP contribution in [0.15, 0.2) is 60.7 Å². The Labute approximate surface area is 178 Å². The number of rotatable bonds is 4. The van der Waals surface area contributed by atoms with E-state index in [4.69, 9.17) is 25.8 Å². The van der Waals surface area contributed by atoms with Crippen LogP contribution < -0.4 is 14.2 Å². The molecule has 0 aliphatic rings.